The Morgan fingerprint density at radius 3 is 2.27 bits per heavy atom. The van der Waals surface area contributed by atoms with E-state index in [0.29, 0.717) is 31.7 Å². The van der Waals surface area contributed by atoms with E-state index in [9.17, 15) is 13.6 Å². The fourth-order valence-corrected chi connectivity index (χ4v) is 7.70. The van der Waals surface area contributed by atoms with Crippen LogP contribution in [0, 0.1) is 11.3 Å². The van der Waals surface area contributed by atoms with Crippen LogP contribution in [0.25, 0.3) is 11.3 Å². The molecule has 5 fully saturated rings. The molecule has 0 unspecified atom stereocenters. The van der Waals surface area contributed by atoms with Crippen LogP contribution in [-0.4, -0.2) is 33.7 Å². The number of carbonyl (C=O) groups is 1. The maximum absolute atomic E-state index is 14.1. The van der Waals surface area contributed by atoms with Crippen LogP contribution in [0.4, 0.5) is 14.5 Å². The van der Waals surface area contributed by atoms with Gasteiger partial charge in [0.25, 0.3) is 0 Å². The van der Waals surface area contributed by atoms with Gasteiger partial charge in [-0.25, -0.2) is 8.78 Å². The molecule has 44 heavy (non-hydrogen) atoms. The first-order valence-electron chi connectivity index (χ1n) is 16.5. The summed E-state index contributed by atoms with van der Waals surface area (Å²) in [6.07, 6.45) is 8.92. The zero-order valence-corrected chi connectivity index (χ0v) is 26.2. The van der Waals surface area contributed by atoms with Crippen molar-refractivity contribution in [3.8, 4) is 11.3 Å². The molecular formula is C35H44F2N4O3. The van der Waals surface area contributed by atoms with Gasteiger partial charge in [-0.2, -0.15) is 4.98 Å². The molecule has 9 heteroatoms. The molecule has 236 valence electrons. The molecule has 1 aromatic carbocycles. The number of benzene rings is 1. The van der Waals surface area contributed by atoms with E-state index in [1.165, 1.54) is 0 Å². The number of hydrogen-bond donors (Lipinski definition) is 0. The van der Waals surface area contributed by atoms with Gasteiger partial charge in [0.05, 0.1) is 0 Å². The van der Waals surface area contributed by atoms with Crippen molar-refractivity contribution >= 4 is 11.6 Å². The van der Waals surface area contributed by atoms with Crippen LogP contribution < -0.4 is 4.90 Å². The van der Waals surface area contributed by atoms with Crippen LogP contribution in [0.1, 0.15) is 128 Å². The first-order valence-corrected chi connectivity index (χ1v) is 16.5. The van der Waals surface area contributed by atoms with E-state index in [2.05, 4.69) is 31.1 Å². The molecule has 5 aliphatic rings. The number of nitrogens with zero attached hydrogens (tertiary/aromatic N) is 4. The van der Waals surface area contributed by atoms with E-state index in [0.717, 1.165) is 85.8 Å². The lowest BCUT2D eigenvalue weighted by Gasteiger charge is -2.53. The monoisotopic (exact) mass is 606 g/mol. The highest BCUT2D eigenvalue weighted by Crippen LogP contribution is 2.58. The Labute approximate surface area is 258 Å². The first kappa shape index (κ1) is 29.6. The molecule has 5 saturated carbocycles. The molecule has 2 aromatic heterocycles. The van der Waals surface area contributed by atoms with Gasteiger partial charge in [-0.05, 0) is 87.7 Å². The van der Waals surface area contributed by atoms with E-state index < -0.39 is 5.92 Å². The van der Waals surface area contributed by atoms with Crippen molar-refractivity contribution in [1.29, 1.82) is 0 Å². The van der Waals surface area contributed by atoms with Crippen LogP contribution in [0.15, 0.2) is 39.4 Å². The predicted molar refractivity (Wildman–Crippen MR) is 163 cm³/mol. The average molecular weight is 607 g/mol. The van der Waals surface area contributed by atoms with Gasteiger partial charge in [-0.15, -0.1) is 0 Å². The summed E-state index contributed by atoms with van der Waals surface area (Å²) in [5.41, 5.74) is 2.28. The van der Waals surface area contributed by atoms with Crippen molar-refractivity contribution in [2.75, 3.05) is 11.4 Å². The minimum atomic E-state index is -2.61. The highest BCUT2D eigenvalue weighted by Gasteiger charge is 2.53. The smallest absolute Gasteiger partial charge is 0.248 e. The quantitative estimate of drug-likeness (QED) is 0.255. The largest absolute Gasteiger partial charge is 0.360 e. The fourth-order valence-electron chi connectivity index (χ4n) is 7.70. The van der Waals surface area contributed by atoms with E-state index in [-0.39, 0.29) is 40.9 Å². The third-order valence-electron chi connectivity index (χ3n) is 11.0. The molecule has 3 aromatic rings. The zero-order valence-electron chi connectivity index (χ0n) is 26.2. The molecule has 0 saturated heterocycles. The lowest BCUT2D eigenvalue weighted by atomic mass is 9.53. The topological polar surface area (TPSA) is 85.3 Å². The van der Waals surface area contributed by atoms with Crippen LogP contribution in [-0.2, 0) is 15.6 Å². The van der Waals surface area contributed by atoms with Gasteiger partial charge in [0.1, 0.15) is 11.5 Å². The summed E-state index contributed by atoms with van der Waals surface area (Å²) in [6.45, 7) is 6.91. The number of hydrogen-bond acceptors (Lipinski definition) is 6. The second-order valence-corrected chi connectivity index (χ2v) is 15.4. The summed E-state index contributed by atoms with van der Waals surface area (Å²) in [5, 5.41) is 8.65. The third kappa shape index (κ3) is 5.83. The summed E-state index contributed by atoms with van der Waals surface area (Å²) in [5.74, 6) is 0.320. The van der Waals surface area contributed by atoms with E-state index in [1.54, 1.807) is 0 Å². The molecule has 2 heterocycles. The van der Waals surface area contributed by atoms with Crippen molar-refractivity contribution in [2.45, 2.75) is 127 Å². The number of fused-ring (bicyclic) bond motifs is 3. The molecule has 0 spiro atoms. The summed E-state index contributed by atoms with van der Waals surface area (Å²) in [4.78, 5) is 20.9. The molecule has 1 amide bonds. The molecule has 5 aliphatic carbocycles. The van der Waals surface area contributed by atoms with Gasteiger partial charge in [0, 0.05) is 59.9 Å². The zero-order chi connectivity index (χ0) is 30.7. The minimum Gasteiger partial charge on any atom is -0.360 e. The van der Waals surface area contributed by atoms with Gasteiger partial charge in [0.15, 0.2) is 5.82 Å². The van der Waals surface area contributed by atoms with Crippen molar-refractivity contribution in [1.82, 2.24) is 15.3 Å². The van der Waals surface area contributed by atoms with Gasteiger partial charge >= 0.3 is 0 Å². The second-order valence-electron chi connectivity index (χ2n) is 15.4. The highest BCUT2D eigenvalue weighted by atomic mass is 19.3. The number of rotatable bonds is 8. The number of carbonyl (C=O) groups excluding carboxylic acids is 1. The molecule has 8 rings (SSSR count). The maximum atomic E-state index is 14.1. The average Bonchev–Trinajstić information content (AvgIpc) is 3.49. The Bertz CT molecular complexity index is 1480. The van der Waals surface area contributed by atoms with Crippen molar-refractivity contribution in [3.05, 3.63) is 47.8 Å². The van der Waals surface area contributed by atoms with Crippen LogP contribution in [0.5, 0.6) is 0 Å². The molecule has 0 N–H and O–H groups in total. The highest BCUT2D eigenvalue weighted by molar-refractivity contribution is 5.94. The second kappa shape index (κ2) is 10.8. The normalized spacial score (nSPS) is 27.0. The lowest BCUT2D eigenvalue weighted by Crippen LogP contribution is -2.51. The van der Waals surface area contributed by atoms with Crippen LogP contribution in [0.3, 0.4) is 0 Å². The van der Waals surface area contributed by atoms with E-state index in [4.69, 9.17) is 14.0 Å². The summed E-state index contributed by atoms with van der Waals surface area (Å²) < 4.78 is 39.3. The lowest BCUT2D eigenvalue weighted by molar-refractivity contribution is -0.121. The van der Waals surface area contributed by atoms with E-state index in [1.807, 2.05) is 35.2 Å². The Hall–Kier alpha value is -3.10. The van der Waals surface area contributed by atoms with Crippen LogP contribution in [0.2, 0.25) is 0 Å². The predicted octanol–water partition coefficient (Wildman–Crippen LogP) is 8.74. The van der Waals surface area contributed by atoms with Gasteiger partial charge in [0.2, 0.25) is 17.7 Å². The molecule has 2 bridgehead atoms. The van der Waals surface area contributed by atoms with Crippen molar-refractivity contribution < 1.29 is 22.6 Å². The summed E-state index contributed by atoms with van der Waals surface area (Å²) in [7, 11) is 0. The third-order valence-corrected chi connectivity index (χ3v) is 11.0. The van der Waals surface area contributed by atoms with Gasteiger partial charge < -0.3 is 13.9 Å². The number of halogens is 2. The number of amides is 1. The molecule has 0 aliphatic heterocycles. The first-order chi connectivity index (χ1) is 20.9. The van der Waals surface area contributed by atoms with Gasteiger partial charge in [-0.3, -0.25) is 4.79 Å². The Morgan fingerprint density at radius 1 is 0.932 bits per heavy atom. The standard InChI is InChI=1S/C35H44F2N4O3/c1-32(2,3)30-38-31(44-40-30)34-16-13-33(14-17-34,15-18-34)22-41(29(42)19-23-9-11-35(36,37)12-10-23)26-6-4-5-25(20-26)27-21-28(43-39-27)24-7-8-24/h4-6,20-21,23-24H,7-19,22H2,1-3H3. The summed E-state index contributed by atoms with van der Waals surface area (Å²) in [6, 6.07) is 10.0. The molecule has 0 radical (unpaired) electrons. The van der Waals surface area contributed by atoms with E-state index >= 15 is 0 Å². The molecule has 0 atom stereocenters. The number of aromatic nitrogens is 3. The van der Waals surface area contributed by atoms with Crippen molar-refractivity contribution in [3.63, 3.8) is 0 Å². The Morgan fingerprint density at radius 2 is 1.64 bits per heavy atom. The minimum absolute atomic E-state index is 0.00702. The van der Waals surface area contributed by atoms with Crippen LogP contribution >= 0.6 is 0 Å². The van der Waals surface area contributed by atoms with Gasteiger partial charge in [-0.1, -0.05) is 43.2 Å². The fraction of sp³-hybridized carbons (Fsp3) is 0.657. The Balaban J connectivity index is 1.12. The summed E-state index contributed by atoms with van der Waals surface area (Å²) >= 11 is 0. The SMILES string of the molecule is CC(C)(C)c1noc(C23CCC(CN(C(=O)CC4CCC(F)(F)CC4)c4cccc(-c5cc(C6CC6)on5)c4)(CC2)CC3)n1. The maximum Gasteiger partial charge on any atom is 0.248 e. The number of alkyl halides is 2. The number of anilines is 1. The molecular weight excluding hydrogens is 562 g/mol. The molecule has 7 nitrogen and oxygen atoms in total. The Kier molecular flexibility index (Phi) is 7.24. The van der Waals surface area contributed by atoms with Crippen molar-refractivity contribution in [2.24, 2.45) is 11.3 Å².